The van der Waals surface area contributed by atoms with Gasteiger partial charge in [0.1, 0.15) is 0 Å². The van der Waals surface area contributed by atoms with Gasteiger partial charge in [-0.1, -0.05) is 41.9 Å². The highest BCUT2D eigenvalue weighted by molar-refractivity contribution is 9.10. The second-order valence-corrected chi connectivity index (χ2v) is 6.44. The summed E-state index contributed by atoms with van der Waals surface area (Å²) in [6.07, 6.45) is 3.79. The number of nitrogens with zero attached hydrogens (tertiary/aromatic N) is 2. The van der Waals surface area contributed by atoms with E-state index in [2.05, 4.69) is 76.3 Å². The molecule has 1 aromatic heterocycles. The lowest BCUT2D eigenvalue weighted by atomic mass is 10.1. The van der Waals surface area contributed by atoms with Gasteiger partial charge in [0.05, 0.1) is 11.9 Å². The number of nitrogens with one attached hydrogen (secondary N) is 1. The maximum atomic E-state index is 4.27. The Morgan fingerprint density at radius 3 is 2.81 bits per heavy atom. The zero-order valence-electron chi connectivity index (χ0n) is 12.8. The molecule has 3 nitrogen and oxygen atoms in total. The van der Waals surface area contributed by atoms with Gasteiger partial charge in [0, 0.05) is 36.8 Å². The van der Waals surface area contributed by atoms with E-state index < -0.39 is 0 Å². The molecule has 112 valence electrons. The summed E-state index contributed by atoms with van der Waals surface area (Å²) in [5.74, 6) is 0. The first-order chi connectivity index (χ1) is 10.1. The molecule has 2 aromatic rings. The second kappa shape index (κ2) is 7.57. The Hall–Kier alpha value is -1.39. The zero-order valence-corrected chi connectivity index (χ0v) is 14.4. The average Bonchev–Trinajstić information content (AvgIpc) is 2.45. The molecule has 0 spiro atoms. The third-order valence-electron chi connectivity index (χ3n) is 3.31. The van der Waals surface area contributed by atoms with Gasteiger partial charge >= 0.3 is 0 Å². The summed E-state index contributed by atoms with van der Waals surface area (Å²) in [6.45, 7) is 6.04. The summed E-state index contributed by atoms with van der Waals surface area (Å²) in [5, 5.41) is 3.47. The summed E-state index contributed by atoms with van der Waals surface area (Å²) < 4.78 is 1.11. The maximum Gasteiger partial charge on any atom is 0.0598 e. The Morgan fingerprint density at radius 1 is 1.29 bits per heavy atom. The van der Waals surface area contributed by atoms with E-state index in [0.717, 1.165) is 17.6 Å². The Kier molecular flexibility index (Phi) is 5.76. The summed E-state index contributed by atoms with van der Waals surface area (Å²) in [7, 11) is 2.11. The lowest BCUT2D eigenvalue weighted by Crippen LogP contribution is -2.24. The minimum atomic E-state index is 0.474. The molecule has 0 saturated heterocycles. The standard InChI is InChI=1S/C17H22BrN3/c1-13(2)20-10-15-7-8-19-11-17(15)21(3)12-14-5-4-6-16(18)9-14/h4-9,11,13,20H,10,12H2,1-3H3. The smallest absolute Gasteiger partial charge is 0.0598 e. The highest BCUT2D eigenvalue weighted by Crippen LogP contribution is 2.21. The fraction of sp³-hybridized carbons (Fsp3) is 0.353. The van der Waals surface area contributed by atoms with Crippen molar-refractivity contribution in [3.8, 4) is 0 Å². The van der Waals surface area contributed by atoms with Gasteiger partial charge in [0.25, 0.3) is 0 Å². The molecule has 0 amide bonds. The fourth-order valence-electron chi connectivity index (χ4n) is 2.22. The van der Waals surface area contributed by atoms with Crippen molar-refractivity contribution < 1.29 is 0 Å². The van der Waals surface area contributed by atoms with Crippen LogP contribution in [0.25, 0.3) is 0 Å². The summed E-state index contributed by atoms with van der Waals surface area (Å²) in [5.41, 5.74) is 3.72. The largest absolute Gasteiger partial charge is 0.369 e. The van der Waals surface area contributed by atoms with Gasteiger partial charge in [-0.3, -0.25) is 4.98 Å². The number of pyridine rings is 1. The van der Waals surface area contributed by atoms with Crippen molar-refractivity contribution in [3.05, 3.63) is 58.3 Å². The second-order valence-electron chi connectivity index (χ2n) is 5.53. The first-order valence-electron chi connectivity index (χ1n) is 7.18. The van der Waals surface area contributed by atoms with Gasteiger partial charge in [0.15, 0.2) is 0 Å². The van der Waals surface area contributed by atoms with Crippen LogP contribution in [0.15, 0.2) is 47.2 Å². The van der Waals surface area contributed by atoms with Crippen LogP contribution in [0.5, 0.6) is 0 Å². The van der Waals surface area contributed by atoms with Crippen LogP contribution >= 0.6 is 15.9 Å². The van der Waals surface area contributed by atoms with Crippen molar-refractivity contribution in [3.63, 3.8) is 0 Å². The zero-order chi connectivity index (χ0) is 15.2. The van der Waals surface area contributed by atoms with Crippen molar-refractivity contribution in [1.82, 2.24) is 10.3 Å². The number of hydrogen-bond donors (Lipinski definition) is 1. The molecule has 21 heavy (non-hydrogen) atoms. The molecule has 0 saturated carbocycles. The topological polar surface area (TPSA) is 28.2 Å². The first-order valence-corrected chi connectivity index (χ1v) is 7.97. The molecule has 0 radical (unpaired) electrons. The summed E-state index contributed by atoms with van der Waals surface area (Å²) in [6, 6.07) is 11.0. The minimum Gasteiger partial charge on any atom is -0.369 e. The van der Waals surface area contributed by atoms with Crippen LogP contribution in [0.3, 0.4) is 0 Å². The Labute approximate surface area is 135 Å². The third-order valence-corrected chi connectivity index (χ3v) is 3.80. The molecule has 1 N–H and O–H groups in total. The number of anilines is 1. The third kappa shape index (κ3) is 4.83. The normalized spacial score (nSPS) is 10.9. The molecule has 0 aliphatic carbocycles. The fourth-order valence-corrected chi connectivity index (χ4v) is 2.66. The number of benzene rings is 1. The molecule has 0 atom stereocenters. The number of rotatable bonds is 6. The van der Waals surface area contributed by atoms with E-state index in [4.69, 9.17) is 0 Å². The summed E-state index contributed by atoms with van der Waals surface area (Å²) in [4.78, 5) is 6.52. The van der Waals surface area contributed by atoms with Crippen LogP contribution in [0.4, 0.5) is 5.69 Å². The van der Waals surface area contributed by atoms with Gasteiger partial charge in [-0.05, 0) is 29.3 Å². The SMILES string of the molecule is CC(C)NCc1ccncc1N(C)Cc1cccc(Br)c1. The van der Waals surface area contributed by atoms with E-state index in [0.29, 0.717) is 6.04 Å². The van der Waals surface area contributed by atoms with E-state index in [1.54, 1.807) is 0 Å². The quantitative estimate of drug-likeness (QED) is 0.856. The average molecular weight is 348 g/mol. The maximum absolute atomic E-state index is 4.27. The van der Waals surface area contributed by atoms with Crippen molar-refractivity contribution in [2.45, 2.75) is 33.0 Å². The minimum absolute atomic E-state index is 0.474. The highest BCUT2D eigenvalue weighted by Gasteiger charge is 2.09. The molecule has 0 aliphatic rings. The van der Waals surface area contributed by atoms with Gasteiger partial charge < -0.3 is 10.2 Å². The number of hydrogen-bond acceptors (Lipinski definition) is 3. The predicted molar refractivity (Wildman–Crippen MR) is 92.5 cm³/mol. The van der Waals surface area contributed by atoms with Gasteiger partial charge in [0.2, 0.25) is 0 Å². The van der Waals surface area contributed by atoms with Crippen LogP contribution in [0, 0.1) is 0 Å². The van der Waals surface area contributed by atoms with Crippen LogP contribution in [0.1, 0.15) is 25.0 Å². The molecule has 2 rings (SSSR count). The Morgan fingerprint density at radius 2 is 2.10 bits per heavy atom. The molecule has 0 fully saturated rings. The van der Waals surface area contributed by atoms with Crippen molar-refractivity contribution in [2.24, 2.45) is 0 Å². The monoisotopic (exact) mass is 347 g/mol. The molecular weight excluding hydrogens is 326 g/mol. The molecule has 0 aliphatic heterocycles. The molecule has 1 heterocycles. The predicted octanol–water partition coefficient (Wildman–Crippen LogP) is 3.98. The number of halogens is 1. The molecule has 0 unspecified atom stereocenters. The Bertz CT molecular complexity index is 584. The van der Waals surface area contributed by atoms with E-state index in [1.807, 2.05) is 18.5 Å². The van der Waals surface area contributed by atoms with Gasteiger partial charge in [-0.25, -0.2) is 0 Å². The van der Waals surface area contributed by atoms with E-state index in [1.165, 1.54) is 16.8 Å². The first kappa shape index (κ1) is 16.0. The van der Waals surface area contributed by atoms with Crippen LogP contribution < -0.4 is 10.2 Å². The molecule has 4 heteroatoms. The molecule has 1 aromatic carbocycles. The van der Waals surface area contributed by atoms with Crippen LogP contribution in [0.2, 0.25) is 0 Å². The number of aromatic nitrogens is 1. The van der Waals surface area contributed by atoms with Crippen molar-refractivity contribution in [1.29, 1.82) is 0 Å². The van der Waals surface area contributed by atoms with E-state index in [9.17, 15) is 0 Å². The van der Waals surface area contributed by atoms with Crippen molar-refractivity contribution in [2.75, 3.05) is 11.9 Å². The van der Waals surface area contributed by atoms with E-state index >= 15 is 0 Å². The van der Waals surface area contributed by atoms with Crippen LogP contribution in [-0.2, 0) is 13.1 Å². The van der Waals surface area contributed by atoms with Crippen molar-refractivity contribution >= 4 is 21.6 Å². The van der Waals surface area contributed by atoms with Crippen LogP contribution in [-0.4, -0.2) is 18.1 Å². The Balaban J connectivity index is 2.13. The molecular formula is C17H22BrN3. The van der Waals surface area contributed by atoms with E-state index in [-0.39, 0.29) is 0 Å². The van der Waals surface area contributed by atoms with Gasteiger partial charge in [-0.15, -0.1) is 0 Å². The summed E-state index contributed by atoms with van der Waals surface area (Å²) >= 11 is 3.52. The lowest BCUT2D eigenvalue weighted by Gasteiger charge is -2.23. The van der Waals surface area contributed by atoms with Gasteiger partial charge in [-0.2, -0.15) is 0 Å². The molecule has 0 bridgehead atoms. The lowest BCUT2D eigenvalue weighted by molar-refractivity contribution is 0.588. The highest BCUT2D eigenvalue weighted by atomic mass is 79.9.